The number of rotatable bonds is 4. The Morgan fingerprint density at radius 1 is 0.900 bits per heavy atom. The summed E-state index contributed by atoms with van der Waals surface area (Å²) in [6.45, 7) is 3.04. The molecule has 2 fully saturated rings. The van der Waals surface area contributed by atoms with Gasteiger partial charge in [0, 0.05) is 6.04 Å². The highest BCUT2D eigenvalue weighted by Gasteiger charge is 2.43. The lowest BCUT2D eigenvalue weighted by atomic mass is 9.71. The fraction of sp³-hybridized carbons (Fsp3) is 1.00. The van der Waals surface area contributed by atoms with Crippen molar-refractivity contribution in [3.05, 3.63) is 0 Å². The van der Waals surface area contributed by atoms with Gasteiger partial charge in [0.15, 0.2) is 0 Å². The Balaban J connectivity index is 1.90. The molecule has 1 N–H and O–H groups in total. The number of nitrogens with one attached hydrogen (secondary N) is 1. The Bertz CT molecular complexity index is 276. The number of halogens is 3. The van der Waals surface area contributed by atoms with Crippen LogP contribution in [-0.4, -0.2) is 18.8 Å². The van der Waals surface area contributed by atoms with E-state index >= 15 is 0 Å². The van der Waals surface area contributed by atoms with Gasteiger partial charge < -0.3 is 5.32 Å². The average molecular weight is 291 g/mol. The van der Waals surface area contributed by atoms with Gasteiger partial charge in [0.25, 0.3) is 0 Å². The number of alkyl halides is 3. The summed E-state index contributed by atoms with van der Waals surface area (Å²) in [5.41, 5.74) is 0. The third kappa shape index (κ3) is 4.12. The standard InChI is InChI=1S/C16H28F3N/c1-2-20-15(12-6-4-3-5-7-12)13-8-10-14(11-9-13)16(17,18)19/h12-15,20H,2-11H2,1H3. The van der Waals surface area contributed by atoms with E-state index in [1.165, 1.54) is 32.1 Å². The van der Waals surface area contributed by atoms with Gasteiger partial charge in [0.2, 0.25) is 0 Å². The predicted molar refractivity (Wildman–Crippen MR) is 75.5 cm³/mol. The van der Waals surface area contributed by atoms with Gasteiger partial charge in [-0.1, -0.05) is 26.2 Å². The van der Waals surface area contributed by atoms with Crippen LogP contribution in [0.1, 0.15) is 64.7 Å². The first-order chi connectivity index (χ1) is 9.52. The van der Waals surface area contributed by atoms with E-state index in [-0.39, 0.29) is 0 Å². The molecular weight excluding hydrogens is 263 g/mol. The number of hydrogen-bond acceptors (Lipinski definition) is 1. The molecule has 0 radical (unpaired) electrons. The summed E-state index contributed by atoms with van der Waals surface area (Å²) in [6.07, 6.45) is 4.63. The molecule has 1 atom stereocenters. The summed E-state index contributed by atoms with van der Waals surface area (Å²) in [7, 11) is 0. The van der Waals surface area contributed by atoms with Crippen LogP contribution in [0.4, 0.5) is 13.2 Å². The van der Waals surface area contributed by atoms with Crippen LogP contribution in [0.3, 0.4) is 0 Å². The van der Waals surface area contributed by atoms with E-state index in [1.54, 1.807) is 0 Å². The van der Waals surface area contributed by atoms with Crippen LogP contribution < -0.4 is 5.32 Å². The van der Waals surface area contributed by atoms with E-state index in [2.05, 4.69) is 12.2 Å². The van der Waals surface area contributed by atoms with E-state index in [0.717, 1.165) is 19.4 Å². The lowest BCUT2D eigenvalue weighted by Gasteiger charge is -2.40. The largest absolute Gasteiger partial charge is 0.391 e. The van der Waals surface area contributed by atoms with Crippen LogP contribution in [0.2, 0.25) is 0 Å². The molecule has 4 heteroatoms. The first-order valence-electron chi connectivity index (χ1n) is 8.32. The third-order valence-corrected chi connectivity index (χ3v) is 5.34. The fourth-order valence-corrected chi connectivity index (χ4v) is 4.25. The smallest absolute Gasteiger partial charge is 0.314 e. The Morgan fingerprint density at radius 2 is 1.45 bits per heavy atom. The summed E-state index contributed by atoms with van der Waals surface area (Å²) < 4.78 is 38.3. The molecule has 0 spiro atoms. The third-order valence-electron chi connectivity index (χ3n) is 5.34. The second-order valence-electron chi connectivity index (χ2n) is 6.63. The van der Waals surface area contributed by atoms with Crippen molar-refractivity contribution in [2.24, 2.45) is 17.8 Å². The molecule has 2 saturated carbocycles. The van der Waals surface area contributed by atoms with Gasteiger partial charge >= 0.3 is 6.18 Å². The van der Waals surface area contributed by atoms with Gasteiger partial charge in [0.1, 0.15) is 0 Å². The Hall–Kier alpha value is -0.250. The van der Waals surface area contributed by atoms with Crippen molar-refractivity contribution in [2.75, 3.05) is 6.54 Å². The van der Waals surface area contributed by atoms with Crippen LogP contribution in [-0.2, 0) is 0 Å². The summed E-state index contributed by atoms with van der Waals surface area (Å²) in [6, 6.07) is 0.453. The summed E-state index contributed by atoms with van der Waals surface area (Å²) in [5, 5.41) is 3.59. The summed E-state index contributed by atoms with van der Waals surface area (Å²) >= 11 is 0. The molecule has 0 aliphatic heterocycles. The van der Waals surface area contributed by atoms with Gasteiger partial charge in [-0.3, -0.25) is 0 Å². The van der Waals surface area contributed by atoms with Crippen molar-refractivity contribution < 1.29 is 13.2 Å². The van der Waals surface area contributed by atoms with Crippen molar-refractivity contribution in [1.82, 2.24) is 5.32 Å². The molecule has 0 amide bonds. The van der Waals surface area contributed by atoms with Crippen LogP contribution in [0.15, 0.2) is 0 Å². The van der Waals surface area contributed by atoms with Crippen LogP contribution in [0.5, 0.6) is 0 Å². The van der Waals surface area contributed by atoms with Gasteiger partial charge in [-0.25, -0.2) is 0 Å². The molecule has 0 heterocycles. The molecule has 1 nitrogen and oxygen atoms in total. The molecule has 2 rings (SSSR count). The summed E-state index contributed by atoms with van der Waals surface area (Å²) in [5.74, 6) is 0.0974. The highest BCUT2D eigenvalue weighted by atomic mass is 19.4. The zero-order valence-corrected chi connectivity index (χ0v) is 12.5. The minimum atomic E-state index is -3.98. The molecule has 20 heavy (non-hydrogen) atoms. The average Bonchev–Trinajstić information content (AvgIpc) is 2.45. The highest BCUT2D eigenvalue weighted by Crippen LogP contribution is 2.42. The molecule has 0 aromatic carbocycles. The first kappa shape index (κ1) is 16.1. The van der Waals surface area contributed by atoms with Crippen molar-refractivity contribution in [3.63, 3.8) is 0 Å². The normalized spacial score (nSPS) is 31.2. The zero-order valence-electron chi connectivity index (χ0n) is 12.5. The first-order valence-corrected chi connectivity index (χ1v) is 8.32. The molecule has 118 valence electrons. The van der Waals surface area contributed by atoms with E-state index < -0.39 is 12.1 Å². The fourth-order valence-electron chi connectivity index (χ4n) is 4.25. The van der Waals surface area contributed by atoms with E-state index in [0.29, 0.717) is 30.7 Å². The van der Waals surface area contributed by atoms with Crippen molar-refractivity contribution in [3.8, 4) is 0 Å². The predicted octanol–water partition coefficient (Wildman–Crippen LogP) is 4.91. The van der Waals surface area contributed by atoms with Crippen molar-refractivity contribution in [2.45, 2.75) is 76.9 Å². The summed E-state index contributed by atoms with van der Waals surface area (Å²) in [4.78, 5) is 0. The maximum absolute atomic E-state index is 12.8. The van der Waals surface area contributed by atoms with Crippen LogP contribution in [0.25, 0.3) is 0 Å². The monoisotopic (exact) mass is 291 g/mol. The van der Waals surface area contributed by atoms with Crippen LogP contribution in [0, 0.1) is 17.8 Å². The Kier molecular flexibility index (Phi) is 5.76. The van der Waals surface area contributed by atoms with Gasteiger partial charge in [-0.2, -0.15) is 13.2 Å². The van der Waals surface area contributed by atoms with Crippen molar-refractivity contribution >= 4 is 0 Å². The molecular formula is C16H28F3N. The molecule has 0 saturated heterocycles. The van der Waals surface area contributed by atoms with Crippen molar-refractivity contribution in [1.29, 1.82) is 0 Å². The lowest BCUT2D eigenvalue weighted by Crippen LogP contribution is -2.45. The molecule has 2 aliphatic carbocycles. The SMILES string of the molecule is CCNC(C1CCCCC1)C1CCC(C(F)(F)F)CC1. The molecule has 0 bridgehead atoms. The topological polar surface area (TPSA) is 12.0 Å². The zero-order chi connectivity index (χ0) is 14.6. The minimum absolute atomic E-state index is 0.336. The van der Waals surface area contributed by atoms with E-state index in [1.807, 2.05) is 0 Å². The second kappa shape index (κ2) is 7.15. The molecule has 0 aromatic rings. The molecule has 1 unspecified atom stereocenters. The number of hydrogen-bond donors (Lipinski definition) is 1. The minimum Gasteiger partial charge on any atom is -0.314 e. The maximum Gasteiger partial charge on any atom is 0.391 e. The highest BCUT2D eigenvalue weighted by molar-refractivity contribution is 4.88. The van der Waals surface area contributed by atoms with Gasteiger partial charge in [-0.15, -0.1) is 0 Å². The van der Waals surface area contributed by atoms with Gasteiger partial charge in [0.05, 0.1) is 5.92 Å². The Labute approximate surface area is 120 Å². The van der Waals surface area contributed by atoms with E-state index in [4.69, 9.17) is 0 Å². The molecule has 2 aliphatic rings. The van der Waals surface area contributed by atoms with Crippen LogP contribution >= 0.6 is 0 Å². The Morgan fingerprint density at radius 3 is 1.95 bits per heavy atom. The second-order valence-corrected chi connectivity index (χ2v) is 6.63. The lowest BCUT2D eigenvalue weighted by molar-refractivity contribution is -0.184. The molecule has 0 aromatic heterocycles. The quantitative estimate of drug-likeness (QED) is 0.775. The maximum atomic E-state index is 12.8. The van der Waals surface area contributed by atoms with Gasteiger partial charge in [-0.05, 0) is 56.9 Å². The van der Waals surface area contributed by atoms with E-state index in [9.17, 15) is 13.2 Å².